The first kappa shape index (κ1) is 18.8. The number of hydrogen-bond acceptors (Lipinski definition) is 3. The van der Waals surface area contributed by atoms with Gasteiger partial charge in [0.2, 0.25) is 0 Å². The zero-order valence-corrected chi connectivity index (χ0v) is 15.8. The van der Waals surface area contributed by atoms with Crippen LogP contribution in [0.1, 0.15) is 30.5 Å². The minimum Gasteiger partial charge on any atom is -0.328 e. The van der Waals surface area contributed by atoms with Gasteiger partial charge in [-0.15, -0.1) is 0 Å². The predicted octanol–water partition coefficient (Wildman–Crippen LogP) is 5.14. The van der Waals surface area contributed by atoms with E-state index in [-0.39, 0.29) is 0 Å². The molecular weight excluding hydrogens is 343 g/mol. The van der Waals surface area contributed by atoms with Crippen LogP contribution < -0.4 is 0 Å². The van der Waals surface area contributed by atoms with Crippen LogP contribution in [0.2, 0.25) is 0 Å². The molecule has 3 aromatic rings. The molecule has 0 radical (unpaired) electrons. The van der Waals surface area contributed by atoms with Gasteiger partial charge in [0.25, 0.3) is 0 Å². The highest BCUT2D eigenvalue weighted by atomic mass is 31.2. The summed E-state index contributed by atoms with van der Waals surface area (Å²) in [5, 5.41) is 0. The van der Waals surface area contributed by atoms with E-state index in [1.807, 2.05) is 91.0 Å². The lowest BCUT2D eigenvalue weighted by Gasteiger charge is -2.47. The summed E-state index contributed by atoms with van der Waals surface area (Å²) in [6, 6.07) is 29.5. The molecule has 26 heavy (non-hydrogen) atoms. The lowest BCUT2D eigenvalue weighted by molar-refractivity contribution is 0.0232. The maximum atomic E-state index is 9.92. The Bertz CT molecular complexity index is 778. The Balaban J connectivity index is 2.34. The number of rotatable bonds is 6. The zero-order chi connectivity index (χ0) is 18.6. The third-order valence-electron chi connectivity index (χ3n) is 4.95. The molecule has 0 aliphatic heterocycles. The van der Waals surface area contributed by atoms with Gasteiger partial charge in [-0.1, -0.05) is 105 Å². The van der Waals surface area contributed by atoms with Gasteiger partial charge in [-0.05, 0) is 16.7 Å². The molecule has 0 aliphatic rings. The molecule has 0 heterocycles. The van der Waals surface area contributed by atoms with E-state index >= 15 is 0 Å². The summed E-state index contributed by atoms with van der Waals surface area (Å²) in [5.41, 5.74) is 1.14. The van der Waals surface area contributed by atoms with Crippen LogP contribution in [-0.2, 0) is 15.5 Å². The van der Waals surface area contributed by atoms with Crippen LogP contribution in [0.5, 0.6) is 0 Å². The van der Waals surface area contributed by atoms with E-state index in [4.69, 9.17) is 4.52 Å². The van der Waals surface area contributed by atoms with E-state index in [9.17, 15) is 9.79 Å². The van der Waals surface area contributed by atoms with Crippen LogP contribution in [0.4, 0.5) is 0 Å². The van der Waals surface area contributed by atoms with Crippen LogP contribution in [0.3, 0.4) is 0 Å². The Kier molecular flexibility index (Phi) is 5.55. The number of benzene rings is 3. The molecule has 3 rings (SSSR count). The Morgan fingerprint density at radius 3 is 1.31 bits per heavy atom. The molecule has 2 N–H and O–H groups in total. The van der Waals surface area contributed by atoms with Gasteiger partial charge in [0.15, 0.2) is 0 Å². The highest BCUT2D eigenvalue weighted by molar-refractivity contribution is 7.39. The molecule has 0 aliphatic carbocycles. The minimum atomic E-state index is -2.59. The van der Waals surface area contributed by atoms with Crippen molar-refractivity contribution in [2.75, 3.05) is 0 Å². The summed E-state index contributed by atoms with van der Waals surface area (Å²) in [4.78, 5) is 19.8. The van der Waals surface area contributed by atoms with Gasteiger partial charge in [-0.25, -0.2) is 0 Å². The van der Waals surface area contributed by atoms with E-state index < -0.39 is 19.6 Å². The lowest BCUT2D eigenvalue weighted by atomic mass is 9.64. The molecule has 3 aromatic carbocycles. The predicted molar refractivity (Wildman–Crippen MR) is 106 cm³/mol. The van der Waals surface area contributed by atoms with Gasteiger partial charge in [-0.3, -0.25) is 4.52 Å². The van der Waals surface area contributed by atoms with Gasteiger partial charge < -0.3 is 9.79 Å². The first-order valence-electron chi connectivity index (χ1n) is 8.52. The first-order chi connectivity index (χ1) is 12.5. The molecule has 134 valence electrons. The standard InChI is InChI=1S/C22H23O3P/c1-21(2,18-12-6-3-7-13-18)22(25-26(23)24,19-14-8-4-9-15-19)20-16-10-5-11-17-20/h3-17,23-24H,1-2H3. The zero-order valence-electron chi connectivity index (χ0n) is 14.9. The van der Waals surface area contributed by atoms with Crippen LogP contribution in [0, 0.1) is 0 Å². The Morgan fingerprint density at radius 2 is 0.962 bits per heavy atom. The maximum absolute atomic E-state index is 9.92. The molecule has 0 saturated carbocycles. The molecule has 0 atom stereocenters. The summed E-state index contributed by atoms with van der Waals surface area (Å²) in [7, 11) is -2.59. The van der Waals surface area contributed by atoms with Crippen molar-refractivity contribution in [3.8, 4) is 0 Å². The maximum Gasteiger partial charge on any atom is 0.328 e. The highest BCUT2D eigenvalue weighted by Gasteiger charge is 2.51. The fourth-order valence-corrected chi connectivity index (χ4v) is 4.32. The third kappa shape index (κ3) is 3.32. The fraction of sp³-hybridized carbons (Fsp3) is 0.182. The van der Waals surface area contributed by atoms with Crippen LogP contribution >= 0.6 is 8.60 Å². The van der Waals surface area contributed by atoms with Crippen LogP contribution in [0.15, 0.2) is 91.0 Å². The van der Waals surface area contributed by atoms with E-state index in [0.29, 0.717) is 0 Å². The van der Waals surface area contributed by atoms with Gasteiger partial charge >= 0.3 is 8.60 Å². The van der Waals surface area contributed by atoms with Crippen LogP contribution in [-0.4, -0.2) is 9.79 Å². The van der Waals surface area contributed by atoms with E-state index in [1.165, 1.54) is 0 Å². The van der Waals surface area contributed by atoms with Gasteiger partial charge in [0, 0.05) is 5.41 Å². The average molecular weight is 366 g/mol. The lowest BCUT2D eigenvalue weighted by Crippen LogP contribution is -2.47. The van der Waals surface area contributed by atoms with Crippen molar-refractivity contribution >= 4 is 8.60 Å². The second kappa shape index (κ2) is 7.69. The second-order valence-electron chi connectivity index (χ2n) is 6.75. The molecule has 4 heteroatoms. The monoisotopic (exact) mass is 366 g/mol. The topological polar surface area (TPSA) is 49.7 Å². The molecule has 0 saturated heterocycles. The van der Waals surface area contributed by atoms with Crippen molar-refractivity contribution < 1.29 is 14.3 Å². The molecule has 0 spiro atoms. The third-order valence-corrected chi connectivity index (χ3v) is 5.39. The van der Waals surface area contributed by atoms with Gasteiger partial charge in [0.05, 0.1) is 0 Å². The molecule has 0 fully saturated rings. The smallest absolute Gasteiger partial charge is 0.328 e. The molecule has 0 amide bonds. The first-order valence-corrected chi connectivity index (χ1v) is 9.68. The normalized spacial score (nSPS) is 12.3. The summed E-state index contributed by atoms with van der Waals surface area (Å²) in [5.74, 6) is 0. The summed E-state index contributed by atoms with van der Waals surface area (Å²) < 4.78 is 6.01. The van der Waals surface area contributed by atoms with Gasteiger partial charge in [-0.2, -0.15) is 0 Å². The molecular formula is C22H23O3P. The van der Waals surface area contributed by atoms with Crippen molar-refractivity contribution in [1.82, 2.24) is 0 Å². The SMILES string of the molecule is CC(C)(c1ccccc1)C(OP(O)O)(c1ccccc1)c1ccccc1. The Hall–Kier alpha value is -2.03. The highest BCUT2D eigenvalue weighted by Crippen LogP contribution is 2.54. The van der Waals surface area contributed by atoms with Crippen molar-refractivity contribution in [3.05, 3.63) is 108 Å². The molecule has 0 bridgehead atoms. The van der Waals surface area contributed by atoms with Crippen molar-refractivity contribution in [2.45, 2.75) is 24.9 Å². The van der Waals surface area contributed by atoms with Crippen LogP contribution in [0.25, 0.3) is 0 Å². The molecule has 0 unspecified atom stereocenters. The minimum absolute atomic E-state index is 0.580. The number of hydrogen-bond donors (Lipinski definition) is 2. The molecule has 0 aromatic heterocycles. The molecule has 3 nitrogen and oxygen atoms in total. The fourth-order valence-electron chi connectivity index (χ4n) is 3.63. The Morgan fingerprint density at radius 1 is 0.615 bits per heavy atom. The average Bonchev–Trinajstić information content (AvgIpc) is 2.68. The second-order valence-corrected chi connectivity index (χ2v) is 7.44. The van der Waals surface area contributed by atoms with Crippen molar-refractivity contribution in [3.63, 3.8) is 0 Å². The summed E-state index contributed by atoms with van der Waals surface area (Å²) in [6.45, 7) is 4.14. The quantitative estimate of drug-likeness (QED) is 0.594. The Labute approximate surface area is 155 Å². The van der Waals surface area contributed by atoms with E-state index in [1.54, 1.807) is 0 Å². The van der Waals surface area contributed by atoms with Crippen molar-refractivity contribution in [2.24, 2.45) is 0 Å². The van der Waals surface area contributed by atoms with E-state index in [2.05, 4.69) is 13.8 Å². The summed E-state index contributed by atoms with van der Waals surface area (Å²) in [6.07, 6.45) is 0. The van der Waals surface area contributed by atoms with Gasteiger partial charge in [0.1, 0.15) is 5.60 Å². The summed E-state index contributed by atoms with van der Waals surface area (Å²) >= 11 is 0. The largest absolute Gasteiger partial charge is 0.328 e. The van der Waals surface area contributed by atoms with Crippen molar-refractivity contribution in [1.29, 1.82) is 0 Å². The van der Waals surface area contributed by atoms with E-state index in [0.717, 1.165) is 16.7 Å².